The summed E-state index contributed by atoms with van der Waals surface area (Å²) >= 11 is 0. The van der Waals surface area contributed by atoms with Crippen molar-refractivity contribution >= 4 is 5.97 Å². The monoisotopic (exact) mass is 215 g/mol. The number of carboxylic acid groups (broad SMARTS) is 1. The summed E-state index contributed by atoms with van der Waals surface area (Å²) in [5, 5.41) is 8.62. The first-order valence-corrected chi connectivity index (χ1v) is 3.79. The molecule has 0 fully saturated rings. The molecule has 0 bridgehead atoms. The molecule has 0 aliphatic carbocycles. The molecule has 7 heteroatoms. The van der Waals surface area contributed by atoms with Crippen molar-refractivity contribution in [3.8, 4) is 0 Å². The molecule has 0 spiro atoms. The predicted molar refractivity (Wildman–Crippen MR) is 41.7 cm³/mol. The Bertz CT molecular complexity index is 207. The van der Waals surface area contributed by atoms with Gasteiger partial charge in [0.15, 0.2) is 0 Å². The van der Waals surface area contributed by atoms with E-state index in [-0.39, 0.29) is 6.54 Å². The Morgan fingerprint density at radius 1 is 1.43 bits per heavy atom. The highest BCUT2D eigenvalue weighted by atomic mass is 19.4. The minimum atomic E-state index is -4.45. The summed E-state index contributed by atoms with van der Waals surface area (Å²) in [6.07, 6.45) is -4.45. The number of halogens is 3. The van der Waals surface area contributed by atoms with Gasteiger partial charge in [-0.2, -0.15) is 13.2 Å². The van der Waals surface area contributed by atoms with E-state index in [2.05, 4.69) is 4.74 Å². The summed E-state index contributed by atoms with van der Waals surface area (Å²) < 4.78 is 39.1. The normalized spacial score (nSPS) is 16.4. The van der Waals surface area contributed by atoms with Crippen LogP contribution in [-0.4, -0.2) is 37.0 Å². The fraction of sp³-hybridized carbons (Fsp3) is 0.857. The molecule has 0 aliphatic rings. The van der Waals surface area contributed by atoms with Crippen LogP contribution < -0.4 is 5.73 Å². The number of carbonyl (C=O) groups is 1. The summed E-state index contributed by atoms with van der Waals surface area (Å²) in [7, 11) is 0. The molecular formula is C7H12F3NO3. The van der Waals surface area contributed by atoms with Gasteiger partial charge in [-0.25, -0.2) is 0 Å². The summed E-state index contributed by atoms with van der Waals surface area (Å²) in [6.45, 7) is -1.07. The lowest BCUT2D eigenvalue weighted by Gasteiger charge is -2.22. The van der Waals surface area contributed by atoms with Crippen LogP contribution in [0.5, 0.6) is 0 Å². The highest BCUT2D eigenvalue weighted by molar-refractivity contribution is 5.74. The van der Waals surface area contributed by atoms with Crippen molar-refractivity contribution < 1.29 is 27.8 Å². The van der Waals surface area contributed by atoms with Crippen LogP contribution in [0.1, 0.15) is 6.92 Å². The zero-order valence-electron chi connectivity index (χ0n) is 7.60. The second-order valence-electron chi connectivity index (χ2n) is 3.18. The second-order valence-corrected chi connectivity index (χ2v) is 3.18. The number of hydrogen-bond acceptors (Lipinski definition) is 3. The lowest BCUT2D eigenvalue weighted by atomic mass is 9.92. The molecule has 0 heterocycles. The molecule has 1 unspecified atom stereocenters. The smallest absolute Gasteiger partial charge is 0.411 e. The molecule has 0 rings (SSSR count). The molecule has 0 amide bonds. The van der Waals surface area contributed by atoms with E-state index < -0.39 is 30.8 Å². The van der Waals surface area contributed by atoms with Crippen LogP contribution in [0.2, 0.25) is 0 Å². The van der Waals surface area contributed by atoms with E-state index in [4.69, 9.17) is 10.8 Å². The first-order valence-electron chi connectivity index (χ1n) is 3.79. The van der Waals surface area contributed by atoms with Crippen LogP contribution in [0.25, 0.3) is 0 Å². The highest BCUT2D eigenvalue weighted by Crippen LogP contribution is 2.19. The average Bonchev–Trinajstić information content (AvgIpc) is 2.01. The molecule has 0 radical (unpaired) electrons. The minimum Gasteiger partial charge on any atom is -0.481 e. The number of nitrogens with two attached hydrogens (primary N) is 1. The van der Waals surface area contributed by atoms with Gasteiger partial charge >= 0.3 is 12.1 Å². The van der Waals surface area contributed by atoms with Gasteiger partial charge in [0.05, 0.1) is 6.61 Å². The Morgan fingerprint density at radius 2 is 1.93 bits per heavy atom. The Kier molecular flexibility index (Phi) is 4.34. The first-order chi connectivity index (χ1) is 6.21. The quantitative estimate of drug-likeness (QED) is 0.704. The SMILES string of the molecule is CC(CN)(COCC(F)(F)F)C(=O)O. The van der Waals surface area contributed by atoms with E-state index in [0.29, 0.717) is 0 Å². The van der Waals surface area contributed by atoms with Crippen molar-refractivity contribution in [3.63, 3.8) is 0 Å². The van der Waals surface area contributed by atoms with E-state index in [1.54, 1.807) is 0 Å². The zero-order chi connectivity index (χ0) is 11.4. The molecule has 1 atom stereocenters. The van der Waals surface area contributed by atoms with Gasteiger partial charge in [0, 0.05) is 6.54 Å². The van der Waals surface area contributed by atoms with E-state index in [9.17, 15) is 18.0 Å². The fourth-order valence-electron chi connectivity index (χ4n) is 0.600. The molecule has 0 saturated carbocycles. The number of aliphatic carboxylic acids is 1. The largest absolute Gasteiger partial charge is 0.481 e. The molecule has 0 aromatic rings. The maximum absolute atomic E-state index is 11.6. The summed E-state index contributed by atoms with van der Waals surface area (Å²) in [5.74, 6) is -1.28. The third-order valence-electron chi connectivity index (χ3n) is 1.65. The van der Waals surface area contributed by atoms with Crippen molar-refractivity contribution in [2.45, 2.75) is 13.1 Å². The van der Waals surface area contributed by atoms with Crippen LogP contribution in [0.4, 0.5) is 13.2 Å². The number of hydrogen-bond donors (Lipinski definition) is 2. The molecule has 84 valence electrons. The van der Waals surface area contributed by atoms with Gasteiger partial charge in [0.1, 0.15) is 12.0 Å². The first kappa shape index (κ1) is 13.2. The standard InChI is InChI=1S/C7H12F3NO3/c1-6(2-11,5(12)13)3-14-4-7(8,9)10/h2-4,11H2,1H3,(H,12,13). The fourth-order valence-corrected chi connectivity index (χ4v) is 0.600. The van der Waals surface area contributed by atoms with Crippen LogP contribution in [0.3, 0.4) is 0 Å². The van der Waals surface area contributed by atoms with E-state index in [1.807, 2.05) is 0 Å². The van der Waals surface area contributed by atoms with Crippen LogP contribution in [-0.2, 0) is 9.53 Å². The Labute approximate surface area is 78.8 Å². The maximum atomic E-state index is 11.6. The number of alkyl halides is 3. The molecule has 4 nitrogen and oxygen atoms in total. The summed E-state index contributed by atoms with van der Waals surface area (Å²) in [4.78, 5) is 10.6. The Hall–Kier alpha value is -0.820. The zero-order valence-corrected chi connectivity index (χ0v) is 7.60. The van der Waals surface area contributed by atoms with Crippen molar-refractivity contribution in [2.24, 2.45) is 11.1 Å². The molecular weight excluding hydrogens is 203 g/mol. The molecule has 0 aliphatic heterocycles. The predicted octanol–water partition coefficient (Wildman–Crippen LogP) is 0.615. The van der Waals surface area contributed by atoms with E-state index >= 15 is 0 Å². The van der Waals surface area contributed by atoms with Crippen LogP contribution in [0.15, 0.2) is 0 Å². The lowest BCUT2D eigenvalue weighted by Crippen LogP contribution is -2.40. The third-order valence-corrected chi connectivity index (χ3v) is 1.65. The van der Waals surface area contributed by atoms with Gasteiger partial charge in [-0.05, 0) is 6.92 Å². The van der Waals surface area contributed by atoms with E-state index in [0.717, 1.165) is 0 Å². The van der Waals surface area contributed by atoms with Crippen LogP contribution in [0, 0.1) is 5.41 Å². The number of carboxylic acids is 1. The van der Waals surface area contributed by atoms with Gasteiger partial charge in [-0.3, -0.25) is 4.79 Å². The Balaban J connectivity index is 4.04. The van der Waals surface area contributed by atoms with Crippen molar-refractivity contribution in [2.75, 3.05) is 19.8 Å². The molecule has 14 heavy (non-hydrogen) atoms. The third kappa shape index (κ3) is 4.43. The van der Waals surface area contributed by atoms with Gasteiger partial charge in [-0.1, -0.05) is 0 Å². The average molecular weight is 215 g/mol. The van der Waals surface area contributed by atoms with Gasteiger partial charge in [0.2, 0.25) is 0 Å². The number of ether oxygens (including phenoxy) is 1. The topological polar surface area (TPSA) is 72.5 Å². The molecule has 0 aromatic heterocycles. The van der Waals surface area contributed by atoms with Crippen molar-refractivity contribution in [3.05, 3.63) is 0 Å². The van der Waals surface area contributed by atoms with Crippen molar-refractivity contribution in [1.82, 2.24) is 0 Å². The van der Waals surface area contributed by atoms with Gasteiger partial charge in [0.25, 0.3) is 0 Å². The van der Waals surface area contributed by atoms with Gasteiger partial charge in [-0.15, -0.1) is 0 Å². The minimum absolute atomic E-state index is 0.278. The summed E-state index contributed by atoms with van der Waals surface area (Å²) in [6, 6.07) is 0. The molecule has 0 aromatic carbocycles. The van der Waals surface area contributed by atoms with Crippen LogP contribution >= 0.6 is 0 Å². The lowest BCUT2D eigenvalue weighted by molar-refractivity contribution is -0.184. The molecule has 3 N–H and O–H groups in total. The maximum Gasteiger partial charge on any atom is 0.411 e. The van der Waals surface area contributed by atoms with Crippen molar-refractivity contribution in [1.29, 1.82) is 0 Å². The Morgan fingerprint density at radius 3 is 2.21 bits per heavy atom. The summed E-state index contributed by atoms with van der Waals surface area (Å²) in [5.41, 5.74) is 3.65. The van der Waals surface area contributed by atoms with Gasteiger partial charge < -0.3 is 15.6 Å². The number of rotatable bonds is 5. The highest BCUT2D eigenvalue weighted by Gasteiger charge is 2.34. The second kappa shape index (κ2) is 4.61. The molecule has 0 saturated heterocycles. The van der Waals surface area contributed by atoms with E-state index in [1.165, 1.54) is 6.92 Å².